The molecule has 0 radical (unpaired) electrons. The summed E-state index contributed by atoms with van der Waals surface area (Å²) in [6, 6.07) is 24.0. The summed E-state index contributed by atoms with van der Waals surface area (Å²) in [4.78, 5) is 38.3. The van der Waals surface area contributed by atoms with E-state index >= 15 is 0 Å². The van der Waals surface area contributed by atoms with Gasteiger partial charge in [0.1, 0.15) is 5.37 Å². The van der Waals surface area contributed by atoms with Gasteiger partial charge in [-0.2, -0.15) is 5.10 Å². The van der Waals surface area contributed by atoms with Gasteiger partial charge >= 0.3 is 5.97 Å². The number of amides is 2. The van der Waals surface area contributed by atoms with E-state index in [-0.39, 0.29) is 17.2 Å². The topological polar surface area (TPSA) is 88.1 Å². The fourth-order valence-corrected chi connectivity index (χ4v) is 4.94. The van der Waals surface area contributed by atoms with Crippen LogP contribution in [0.1, 0.15) is 42.8 Å². The van der Waals surface area contributed by atoms with Gasteiger partial charge in [0, 0.05) is 12.1 Å². The molecule has 0 saturated carbocycles. The minimum absolute atomic E-state index is 0.0608. The Hall–Kier alpha value is -3.91. The molecule has 1 aliphatic rings. The first-order valence-corrected chi connectivity index (χ1v) is 12.2. The lowest BCUT2D eigenvalue weighted by Gasteiger charge is -2.24. The van der Waals surface area contributed by atoms with Gasteiger partial charge in [-0.1, -0.05) is 54.6 Å². The summed E-state index contributed by atoms with van der Waals surface area (Å²) in [5.41, 5.74) is 6.33. The van der Waals surface area contributed by atoms with Gasteiger partial charge in [-0.05, 0) is 47.4 Å². The molecule has 1 aliphatic heterocycles. The van der Waals surface area contributed by atoms with Crippen molar-refractivity contribution in [2.24, 2.45) is 5.10 Å². The van der Waals surface area contributed by atoms with Crippen LogP contribution in [0.4, 0.5) is 0 Å². The predicted octanol–water partition coefficient (Wildman–Crippen LogP) is 4.05. The van der Waals surface area contributed by atoms with E-state index in [1.165, 1.54) is 18.9 Å². The minimum Gasteiger partial charge on any atom is -0.465 e. The number of carbonyl (C=O) groups is 3. The van der Waals surface area contributed by atoms with Crippen LogP contribution in [-0.4, -0.2) is 48.3 Å². The number of hydrazone groups is 1. The van der Waals surface area contributed by atoms with Crippen LogP contribution < -0.4 is 5.43 Å². The molecule has 2 amide bonds. The Kier molecular flexibility index (Phi) is 7.95. The van der Waals surface area contributed by atoms with Gasteiger partial charge in [-0.25, -0.2) is 10.2 Å². The van der Waals surface area contributed by atoms with E-state index in [1.54, 1.807) is 48.2 Å². The summed E-state index contributed by atoms with van der Waals surface area (Å²) in [5.74, 6) is -0.163. The van der Waals surface area contributed by atoms with E-state index in [2.05, 4.69) is 27.4 Å². The number of benzene rings is 3. The van der Waals surface area contributed by atoms with Crippen molar-refractivity contribution in [2.45, 2.75) is 11.8 Å². The van der Waals surface area contributed by atoms with Crippen molar-refractivity contribution in [1.82, 2.24) is 10.3 Å². The van der Waals surface area contributed by atoms with Crippen molar-refractivity contribution < 1.29 is 19.1 Å². The van der Waals surface area contributed by atoms with E-state index in [0.717, 1.165) is 17.5 Å². The first-order valence-electron chi connectivity index (χ1n) is 11.1. The average Bonchev–Trinajstić information content (AvgIpc) is 3.28. The molecule has 1 fully saturated rings. The van der Waals surface area contributed by atoms with Gasteiger partial charge in [0.15, 0.2) is 0 Å². The van der Waals surface area contributed by atoms with Crippen LogP contribution in [-0.2, 0) is 16.0 Å². The molecule has 1 atom stereocenters. The second-order valence-corrected chi connectivity index (χ2v) is 8.99. The first kappa shape index (κ1) is 24.2. The first-order chi connectivity index (χ1) is 17.0. The van der Waals surface area contributed by atoms with Gasteiger partial charge in [0.05, 0.1) is 24.6 Å². The molecule has 8 heteroatoms. The molecule has 3 aromatic rings. The van der Waals surface area contributed by atoms with Crippen LogP contribution in [0.2, 0.25) is 0 Å². The van der Waals surface area contributed by atoms with E-state index in [4.69, 9.17) is 0 Å². The molecular formula is C27H25N3O4S. The Morgan fingerprint density at radius 2 is 1.71 bits per heavy atom. The molecular weight excluding hydrogens is 462 g/mol. The molecule has 1 heterocycles. The molecule has 3 aromatic carbocycles. The normalized spacial score (nSPS) is 15.4. The van der Waals surface area contributed by atoms with Gasteiger partial charge in [0.2, 0.25) is 5.91 Å². The Bertz CT molecular complexity index is 1210. The Labute approximate surface area is 208 Å². The molecule has 1 N–H and O–H groups in total. The maximum Gasteiger partial charge on any atom is 0.337 e. The number of carbonyl (C=O) groups excluding carboxylic acids is 3. The van der Waals surface area contributed by atoms with Crippen molar-refractivity contribution in [3.05, 3.63) is 107 Å². The highest BCUT2D eigenvalue weighted by molar-refractivity contribution is 8.00. The lowest BCUT2D eigenvalue weighted by atomic mass is 10.1. The second kappa shape index (κ2) is 11.5. The number of nitrogens with zero attached hydrogens (tertiary/aromatic N) is 2. The molecule has 4 rings (SSSR count). The quantitative estimate of drug-likeness (QED) is 0.294. The zero-order valence-electron chi connectivity index (χ0n) is 19.2. The molecule has 35 heavy (non-hydrogen) atoms. The van der Waals surface area contributed by atoms with Crippen molar-refractivity contribution in [3.8, 4) is 0 Å². The molecule has 0 aromatic heterocycles. The Balaban J connectivity index is 1.34. The maximum absolute atomic E-state index is 12.5. The monoisotopic (exact) mass is 487 g/mol. The van der Waals surface area contributed by atoms with Crippen molar-refractivity contribution in [3.63, 3.8) is 0 Å². The van der Waals surface area contributed by atoms with Crippen molar-refractivity contribution in [1.29, 1.82) is 0 Å². The Morgan fingerprint density at radius 3 is 2.40 bits per heavy atom. The summed E-state index contributed by atoms with van der Waals surface area (Å²) in [5, 5.41) is 3.93. The van der Waals surface area contributed by atoms with Crippen LogP contribution in [0.5, 0.6) is 0 Å². The highest BCUT2D eigenvalue weighted by atomic mass is 32.2. The number of ether oxygens (including phenoxy) is 1. The van der Waals surface area contributed by atoms with Crippen LogP contribution in [0.3, 0.4) is 0 Å². The number of methoxy groups -OCH3 is 1. The molecule has 1 saturated heterocycles. The average molecular weight is 488 g/mol. The molecule has 178 valence electrons. The third-order valence-corrected chi connectivity index (χ3v) is 6.88. The summed E-state index contributed by atoms with van der Waals surface area (Å²) in [7, 11) is 1.33. The zero-order chi connectivity index (χ0) is 24.6. The molecule has 0 aliphatic carbocycles. The van der Waals surface area contributed by atoms with E-state index < -0.39 is 5.97 Å². The number of nitrogens with one attached hydrogen (secondary N) is 1. The van der Waals surface area contributed by atoms with Gasteiger partial charge < -0.3 is 9.64 Å². The van der Waals surface area contributed by atoms with Crippen LogP contribution in [0.25, 0.3) is 0 Å². The van der Waals surface area contributed by atoms with Crippen molar-refractivity contribution in [2.75, 3.05) is 19.4 Å². The lowest BCUT2D eigenvalue weighted by Crippen LogP contribution is -2.30. The van der Waals surface area contributed by atoms with Gasteiger partial charge in [-0.3, -0.25) is 9.59 Å². The summed E-state index contributed by atoms with van der Waals surface area (Å²) in [6.07, 6.45) is 2.30. The number of thioether (sulfide) groups is 1. The lowest BCUT2D eigenvalue weighted by molar-refractivity contribution is -0.128. The highest BCUT2D eigenvalue weighted by Gasteiger charge is 2.32. The van der Waals surface area contributed by atoms with Crippen LogP contribution >= 0.6 is 11.8 Å². The highest BCUT2D eigenvalue weighted by Crippen LogP contribution is 2.38. The zero-order valence-corrected chi connectivity index (χ0v) is 20.0. The summed E-state index contributed by atoms with van der Waals surface area (Å²) < 4.78 is 4.67. The standard InChI is InChI=1S/C27H25N3O4S/c1-34-27(33)23-9-7-20(8-10-23)17-28-29-25(32)21-11-13-22(14-12-21)26-30(24(31)18-35-26)16-15-19-5-3-2-4-6-19/h2-14,17,26H,15-16,18H2,1H3,(H,29,32)/b28-17-/t26-/m0/s1. The van der Waals surface area contributed by atoms with Gasteiger partial charge in [-0.15, -0.1) is 11.8 Å². The third kappa shape index (κ3) is 6.16. The maximum atomic E-state index is 12.5. The predicted molar refractivity (Wildman–Crippen MR) is 136 cm³/mol. The van der Waals surface area contributed by atoms with Crippen LogP contribution in [0, 0.1) is 0 Å². The van der Waals surface area contributed by atoms with Gasteiger partial charge in [0.25, 0.3) is 5.91 Å². The number of rotatable bonds is 8. The summed E-state index contributed by atoms with van der Waals surface area (Å²) >= 11 is 1.60. The molecule has 0 unspecified atom stereocenters. The van der Waals surface area contributed by atoms with Crippen LogP contribution in [0.15, 0.2) is 84.0 Å². The largest absolute Gasteiger partial charge is 0.465 e. The van der Waals surface area contributed by atoms with E-state index in [9.17, 15) is 14.4 Å². The van der Waals surface area contributed by atoms with E-state index in [0.29, 0.717) is 23.4 Å². The SMILES string of the molecule is COC(=O)c1ccc(/C=N\NC(=O)c2ccc([C@@H]3SCC(=O)N3CCc3ccccc3)cc2)cc1. The van der Waals surface area contributed by atoms with Crippen molar-refractivity contribution >= 4 is 35.8 Å². The third-order valence-electron chi connectivity index (χ3n) is 5.62. The summed E-state index contributed by atoms with van der Waals surface area (Å²) in [6.45, 7) is 0.651. The molecule has 0 bridgehead atoms. The molecule has 7 nitrogen and oxygen atoms in total. The number of esters is 1. The fourth-order valence-electron chi connectivity index (χ4n) is 3.72. The smallest absolute Gasteiger partial charge is 0.337 e. The minimum atomic E-state index is -0.412. The van der Waals surface area contributed by atoms with E-state index in [1.807, 2.05) is 35.2 Å². The number of hydrogen-bond donors (Lipinski definition) is 1. The Morgan fingerprint density at radius 1 is 1.03 bits per heavy atom. The fraction of sp³-hybridized carbons (Fsp3) is 0.185. The second-order valence-electron chi connectivity index (χ2n) is 7.92. The number of hydrogen-bond acceptors (Lipinski definition) is 6. The molecule has 0 spiro atoms.